The smallest absolute Gasteiger partial charge is 0.410 e. The highest BCUT2D eigenvalue weighted by Crippen LogP contribution is 2.18. The number of rotatable bonds is 2. The lowest BCUT2D eigenvalue weighted by molar-refractivity contribution is 0.190. The number of nitrogens with one attached hydrogen (secondary N) is 2. The Bertz CT molecular complexity index is 469. The lowest BCUT2D eigenvalue weighted by Crippen LogP contribution is -2.42. The Morgan fingerprint density at radius 3 is 2.53 bits per heavy atom. The Hall–Kier alpha value is -1.69. The summed E-state index contributed by atoms with van der Waals surface area (Å²) < 4.78 is 5.14. The molecular weight excluding hydrogens is 264 g/mol. The van der Waals surface area contributed by atoms with Crippen LogP contribution in [0.4, 0.5) is 15.3 Å². The highest BCUT2D eigenvalue weighted by Gasteiger charge is 2.15. The first kappa shape index (κ1) is 15.4. The van der Waals surface area contributed by atoms with Crippen molar-refractivity contribution in [3.63, 3.8) is 0 Å². The van der Waals surface area contributed by atoms with E-state index in [4.69, 9.17) is 4.74 Å². The molecule has 1 aromatic carbocycles. The third kappa shape index (κ3) is 6.15. The molecule has 1 aromatic rings. The summed E-state index contributed by atoms with van der Waals surface area (Å²) in [6.07, 6.45) is 1.16. The van der Waals surface area contributed by atoms with Crippen LogP contribution in [0.15, 0.2) is 24.3 Å². The third-order valence-corrected chi connectivity index (χ3v) is 2.43. The topological polar surface area (TPSA) is 67.4 Å². The molecule has 0 aromatic heterocycles. The molecule has 6 heteroatoms. The summed E-state index contributed by atoms with van der Waals surface area (Å²) in [5, 5.41) is 5.18. The van der Waals surface area contributed by atoms with Gasteiger partial charge in [-0.15, -0.1) is 0 Å². The fourth-order valence-electron chi connectivity index (χ4n) is 1.24. The number of hydrogen-bond donors (Lipinski definition) is 2. The Labute approximate surface area is 117 Å². The van der Waals surface area contributed by atoms with E-state index in [1.54, 1.807) is 30.5 Å². The number of amides is 2. The summed E-state index contributed by atoms with van der Waals surface area (Å²) >= 11 is 1.08. The normalized spacial score (nSPS) is 10.7. The minimum atomic E-state index is -0.527. The van der Waals surface area contributed by atoms with Crippen molar-refractivity contribution in [2.24, 2.45) is 0 Å². The second kappa shape index (κ2) is 6.47. The van der Waals surface area contributed by atoms with Crippen LogP contribution in [0.3, 0.4) is 0 Å². The van der Waals surface area contributed by atoms with E-state index in [2.05, 4.69) is 10.6 Å². The van der Waals surface area contributed by atoms with Gasteiger partial charge >= 0.3 is 6.09 Å². The molecule has 0 aliphatic carbocycles. The second-order valence-corrected chi connectivity index (χ2v) is 5.69. The van der Waals surface area contributed by atoms with Gasteiger partial charge in [-0.2, -0.15) is 0 Å². The molecule has 2 amide bonds. The van der Waals surface area contributed by atoms with Gasteiger partial charge in [0.15, 0.2) is 0 Å². The highest BCUT2D eigenvalue weighted by molar-refractivity contribution is 8.13. The lowest BCUT2D eigenvalue weighted by atomic mass is 10.1. The Morgan fingerprint density at radius 1 is 1.26 bits per heavy atom. The van der Waals surface area contributed by atoms with E-state index in [9.17, 15) is 9.59 Å². The standard InChI is InChI=1S/C13H18N2O3S/c1-13(2,3)15-11(16)18-10-7-5-6-9(8-10)14-12(17)19-4/h5-8H,1-4H3,(H,14,17)(H,15,16). The van der Waals surface area contributed by atoms with Crippen LogP contribution < -0.4 is 15.4 Å². The van der Waals surface area contributed by atoms with Gasteiger partial charge in [-0.1, -0.05) is 17.8 Å². The average Bonchev–Trinajstić information content (AvgIpc) is 2.26. The maximum absolute atomic E-state index is 11.6. The highest BCUT2D eigenvalue weighted by atomic mass is 32.2. The van der Waals surface area contributed by atoms with E-state index >= 15 is 0 Å². The van der Waals surface area contributed by atoms with Crippen molar-refractivity contribution < 1.29 is 14.3 Å². The van der Waals surface area contributed by atoms with Crippen molar-refractivity contribution >= 4 is 28.8 Å². The second-order valence-electron chi connectivity index (χ2n) is 4.91. The molecule has 0 fully saturated rings. The van der Waals surface area contributed by atoms with E-state index in [0.717, 1.165) is 11.8 Å². The molecule has 0 saturated heterocycles. The van der Waals surface area contributed by atoms with E-state index in [1.165, 1.54) is 0 Å². The molecule has 0 atom stereocenters. The van der Waals surface area contributed by atoms with Crippen LogP contribution in [0, 0.1) is 0 Å². The van der Waals surface area contributed by atoms with Crippen molar-refractivity contribution in [1.82, 2.24) is 5.32 Å². The summed E-state index contributed by atoms with van der Waals surface area (Å²) in [6.45, 7) is 5.59. The zero-order valence-corrected chi connectivity index (χ0v) is 12.3. The molecule has 0 heterocycles. The maximum Gasteiger partial charge on any atom is 0.413 e. The number of carbonyl (C=O) groups is 2. The largest absolute Gasteiger partial charge is 0.413 e. The van der Waals surface area contributed by atoms with Gasteiger partial charge in [0.1, 0.15) is 5.75 Å². The Morgan fingerprint density at radius 2 is 1.95 bits per heavy atom. The van der Waals surface area contributed by atoms with Crippen molar-refractivity contribution in [2.45, 2.75) is 26.3 Å². The number of thioether (sulfide) groups is 1. The van der Waals surface area contributed by atoms with Crippen molar-refractivity contribution in [3.8, 4) is 5.75 Å². The van der Waals surface area contributed by atoms with Crippen LogP contribution in [-0.4, -0.2) is 23.1 Å². The molecule has 0 aliphatic rings. The van der Waals surface area contributed by atoms with Gasteiger partial charge in [-0.3, -0.25) is 4.79 Å². The molecule has 19 heavy (non-hydrogen) atoms. The van der Waals surface area contributed by atoms with E-state index < -0.39 is 6.09 Å². The van der Waals surface area contributed by atoms with Crippen LogP contribution in [0.2, 0.25) is 0 Å². The molecule has 0 bridgehead atoms. The SMILES string of the molecule is CSC(=O)Nc1cccc(OC(=O)NC(C)(C)C)c1. The molecule has 0 unspecified atom stereocenters. The van der Waals surface area contributed by atoms with Crippen LogP contribution in [0.1, 0.15) is 20.8 Å². The first-order valence-electron chi connectivity index (χ1n) is 5.75. The van der Waals surface area contributed by atoms with Crippen molar-refractivity contribution in [1.29, 1.82) is 0 Å². The molecular formula is C13H18N2O3S. The van der Waals surface area contributed by atoms with Gasteiger partial charge in [-0.25, -0.2) is 4.79 Å². The molecule has 0 aliphatic heterocycles. The fourth-order valence-corrected chi connectivity index (χ4v) is 1.46. The van der Waals surface area contributed by atoms with E-state index in [-0.39, 0.29) is 10.8 Å². The maximum atomic E-state index is 11.6. The zero-order valence-electron chi connectivity index (χ0n) is 11.4. The Balaban J connectivity index is 2.67. The van der Waals surface area contributed by atoms with Gasteiger partial charge in [-0.05, 0) is 39.2 Å². The van der Waals surface area contributed by atoms with Crippen molar-refractivity contribution in [3.05, 3.63) is 24.3 Å². The molecule has 0 saturated carbocycles. The number of benzene rings is 1. The predicted octanol–water partition coefficient (Wildman–Crippen LogP) is 3.47. The number of ether oxygens (including phenoxy) is 1. The number of carbonyl (C=O) groups excluding carboxylic acids is 2. The summed E-state index contributed by atoms with van der Waals surface area (Å²) in [6, 6.07) is 6.67. The van der Waals surface area contributed by atoms with Gasteiger partial charge < -0.3 is 15.4 Å². The molecule has 1 rings (SSSR count). The zero-order chi connectivity index (χ0) is 14.5. The summed E-state index contributed by atoms with van der Waals surface area (Å²) in [4.78, 5) is 22.8. The summed E-state index contributed by atoms with van der Waals surface area (Å²) in [5.41, 5.74) is 0.224. The van der Waals surface area contributed by atoms with E-state index in [0.29, 0.717) is 11.4 Å². The minimum Gasteiger partial charge on any atom is -0.410 e. The predicted molar refractivity (Wildman–Crippen MR) is 77.9 cm³/mol. The summed E-state index contributed by atoms with van der Waals surface area (Å²) in [7, 11) is 0. The minimum absolute atomic E-state index is 0.170. The molecule has 0 spiro atoms. The third-order valence-electron chi connectivity index (χ3n) is 1.95. The van der Waals surface area contributed by atoms with Gasteiger partial charge in [0.25, 0.3) is 5.24 Å². The monoisotopic (exact) mass is 282 g/mol. The first-order chi connectivity index (χ1) is 8.80. The van der Waals surface area contributed by atoms with Crippen LogP contribution in [-0.2, 0) is 0 Å². The average molecular weight is 282 g/mol. The summed E-state index contributed by atoms with van der Waals surface area (Å²) in [5.74, 6) is 0.376. The van der Waals surface area contributed by atoms with Crippen molar-refractivity contribution in [2.75, 3.05) is 11.6 Å². The quantitative estimate of drug-likeness (QED) is 0.871. The van der Waals surface area contributed by atoms with E-state index in [1.807, 2.05) is 20.8 Å². The molecule has 5 nitrogen and oxygen atoms in total. The molecule has 2 N–H and O–H groups in total. The Kier molecular flexibility index (Phi) is 5.23. The first-order valence-corrected chi connectivity index (χ1v) is 6.97. The van der Waals surface area contributed by atoms with Crippen LogP contribution in [0.5, 0.6) is 5.75 Å². The lowest BCUT2D eigenvalue weighted by Gasteiger charge is -2.19. The number of hydrogen-bond acceptors (Lipinski definition) is 4. The molecule has 104 valence electrons. The van der Waals surface area contributed by atoms with Gasteiger partial charge in [0, 0.05) is 17.3 Å². The van der Waals surface area contributed by atoms with Crippen LogP contribution >= 0.6 is 11.8 Å². The molecule has 0 radical (unpaired) electrons. The van der Waals surface area contributed by atoms with Gasteiger partial charge in [0.2, 0.25) is 0 Å². The fraction of sp³-hybridized carbons (Fsp3) is 0.385. The number of anilines is 1. The van der Waals surface area contributed by atoms with Gasteiger partial charge in [0.05, 0.1) is 0 Å². The van der Waals surface area contributed by atoms with Crippen LogP contribution in [0.25, 0.3) is 0 Å².